The Labute approximate surface area is 141 Å². The molecular weight excluding hydrogens is 316 g/mol. The number of hydrogen-bond donors (Lipinski definition) is 2. The minimum Gasteiger partial charge on any atom is -0.391 e. The average molecular weight is 341 g/mol. The van der Waals surface area contributed by atoms with Crippen molar-refractivity contribution in [1.29, 1.82) is 0 Å². The fourth-order valence-electron chi connectivity index (χ4n) is 3.22. The van der Waals surface area contributed by atoms with Gasteiger partial charge in [0.05, 0.1) is 11.5 Å². The summed E-state index contributed by atoms with van der Waals surface area (Å²) in [7, 11) is 0. The highest BCUT2D eigenvalue weighted by Gasteiger charge is 2.43. The number of halogens is 2. The van der Waals surface area contributed by atoms with Crippen LogP contribution in [0.2, 0.25) is 0 Å². The molecule has 0 aliphatic carbocycles. The predicted molar refractivity (Wildman–Crippen MR) is 86.6 cm³/mol. The fourth-order valence-corrected chi connectivity index (χ4v) is 3.22. The second kappa shape index (κ2) is 8.03. The number of amides is 1. The first-order valence-electron chi connectivity index (χ1n) is 8.35. The number of hydrogen-bond acceptors (Lipinski definition) is 3. The van der Waals surface area contributed by atoms with Crippen molar-refractivity contribution in [3.8, 4) is 0 Å². The quantitative estimate of drug-likeness (QED) is 0.836. The molecular formula is C18H25F2NO3. The van der Waals surface area contributed by atoms with E-state index in [1.807, 2.05) is 13.8 Å². The van der Waals surface area contributed by atoms with Gasteiger partial charge in [0.25, 0.3) is 0 Å². The standard InChI is InChI=1S/C18H25F2NO3/c1-12(2)9-14(22)11-21-17(23)18(5-7-24-8-6-18)15-4-3-13(19)10-16(15)20/h3-4,10,12,14,22H,5-9,11H2,1-2H3,(H,21,23). The van der Waals surface area contributed by atoms with E-state index >= 15 is 0 Å². The number of rotatable bonds is 6. The lowest BCUT2D eigenvalue weighted by Gasteiger charge is -2.36. The van der Waals surface area contributed by atoms with Crippen molar-refractivity contribution in [2.24, 2.45) is 5.92 Å². The summed E-state index contributed by atoms with van der Waals surface area (Å²) in [6.45, 7) is 4.75. The Kier molecular flexibility index (Phi) is 6.29. The summed E-state index contributed by atoms with van der Waals surface area (Å²) in [4.78, 5) is 12.8. The van der Waals surface area contributed by atoms with E-state index in [0.717, 1.165) is 12.1 Å². The summed E-state index contributed by atoms with van der Waals surface area (Å²) in [5.41, 5.74) is -0.906. The predicted octanol–water partition coefficient (Wildman–Crippen LogP) is 2.54. The molecule has 2 rings (SSSR count). The molecule has 0 radical (unpaired) electrons. The molecule has 0 spiro atoms. The van der Waals surface area contributed by atoms with Gasteiger partial charge < -0.3 is 15.2 Å². The monoisotopic (exact) mass is 341 g/mol. The van der Waals surface area contributed by atoms with Crippen LogP contribution in [0.25, 0.3) is 0 Å². The molecule has 6 heteroatoms. The molecule has 0 saturated carbocycles. The van der Waals surface area contributed by atoms with Crippen LogP contribution in [0.15, 0.2) is 18.2 Å². The van der Waals surface area contributed by atoms with Crippen LogP contribution < -0.4 is 5.32 Å². The third-order valence-electron chi connectivity index (χ3n) is 4.47. The van der Waals surface area contributed by atoms with Crippen LogP contribution in [0, 0.1) is 17.6 Å². The van der Waals surface area contributed by atoms with E-state index in [-0.39, 0.29) is 18.0 Å². The summed E-state index contributed by atoms with van der Waals surface area (Å²) in [6, 6.07) is 3.30. The molecule has 1 aromatic rings. The number of carbonyl (C=O) groups is 1. The fraction of sp³-hybridized carbons (Fsp3) is 0.611. The van der Waals surface area contributed by atoms with Crippen molar-refractivity contribution in [2.45, 2.75) is 44.6 Å². The van der Waals surface area contributed by atoms with Gasteiger partial charge in [-0.2, -0.15) is 0 Å². The van der Waals surface area contributed by atoms with Crippen molar-refractivity contribution in [1.82, 2.24) is 5.32 Å². The Balaban J connectivity index is 2.19. The van der Waals surface area contributed by atoms with Crippen LogP contribution in [0.5, 0.6) is 0 Å². The van der Waals surface area contributed by atoms with Crippen molar-refractivity contribution in [3.63, 3.8) is 0 Å². The van der Waals surface area contributed by atoms with Gasteiger partial charge >= 0.3 is 0 Å². The topological polar surface area (TPSA) is 58.6 Å². The Morgan fingerprint density at radius 2 is 2.00 bits per heavy atom. The number of ether oxygens (including phenoxy) is 1. The molecule has 134 valence electrons. The van der Waals surface area contributed by atoms with E-state index in [4.69, 9.17) is 4.74 Å². The Morgan fingerprint density at radius 3 is 2.58 bits per heavy atom. The largest absolute Gasteiger partial charge is 0.391 e. The minimum absolute atomic E-state index is 0.114. The molecule has 1 heterocycles. The maximum atomic E-state index is 14.3. The van der Waals surface area contributed by atoms with Gasteiger partial charge in [0.2, 0.25) is 5.91 Å². The van der Waals surface area contributed by atoms with E-state index in [2.05, 4.69) is 5.32 Å². The minimum atomic E-state index is -1.09. The number of carbonyl (C=O) groups excluding carboxylic acids is 1. The van der Waals surface area contributed by atoms with Crippen LogP contribution in [0.4, 0.5) is 8.78 Å². The first kappa shape index (κ1) is 18.8. The molecule has 24 heavy (non-hydrogen) atoms. The Bertz CT molecular complexity index is 571. The third kappa shape index (κ3) is 4.30. The smallest absolute Gasteiger partial charge is 0.231 e. The maximum Gasteiger partial charge on any atom is 0.231 e. The molecule has 1 aromatic carbocycles. The molecule has 1 unspecified atom stereocenters. The van der Waals surface area contributed by atoms with Gasteiger partial charge in [-0.05, 0) is 31.2 Å². The van der Waals surface area contributed by atoms with E-state index in [1.54, 1.807) is 0 Å². The van der Waals surface area contributed by atoms with Crippen LogP contribution in [-0.2, 0) is 14.9 Å². The normalized spacial score (nSPS) is 18.4. The first-order chi connectivity index (χ1) is 11.3. The molecule has 1 amide bonds. The highest BCUT2D eigenvalue weighted by Crippen LogP contribution is 2.37. The molecule has 1 aliphatic rings. The van der Waals surface area contributed by atoms with Crippen LogP contribution in [-0.4, -0.2) is 36.9 Å². The van der Waals surface area contributed by atoms with Gasteiger partial charge in [0.1, 0.15) is 11.6 Å². The SMILES string of the molecule is CC(C)CC(O)CNC(=O)C1(c2ccc(F)cc2F)CCOCC1. The highest BCUT2D eigenvalue weighted by atomic mass is 19.1. The van der Waals surface area contributed by atoms with Gasteiger partial charge in [-0.25, -0.2) is 8.78 Å². The zero-order valence-corrected chi connectivity index (χ0v) is 14.1. The van der Waals surface area contributed by atoms with Crippen LogP contribution in [0.3, 0.4) is 0 Å². The average Bonchev–Trinajstić information content (AvgIpc) is 2.52. The van der Waals surface area contributed by atoms with Crippen molar-refractivity contribution in [2.75, 3.05) is 19.8 Å². The molecule has 1 aliphatic heterocycles. The molecule has 1 fully saturated rings. The molecule has 0 bridgehead atoms. The van der Waals surface area contributed by atoms with Gasteiger partial charge in [0, 0.05) is 31.4 Å². The maximum absolute atomic E-state index is 14.3. The molecule has 2 N–H and O–H groups in total. The highest BCUT2D eigenvalue weighted by molar-refractivity contribution is 5.88. The van der Waals surface area contributed by atoms with Gasteiger partial charge in [0.15, 0.2) is 0 Å². The lowest BCUT2D eigenvalue weighted by Crippen LogP contribution is -2.50. The molecule has 1 saturated heterocycles. The van der Waals surface area contributed by atoms with E-state index in [9.17, 15) is 18.7 Å². The van der Waals surface area contributed by atoms with E-state index in [1.165, 1.54) is 6.07 Å². The zero-order chi connectivity index (χ0) is 17.7. The van der Waals surface area contributed by atoms with Gasteiger partial charge in [-0.3, -0.25) is 4.79 Å². The number of nitrogens with one attached hydrogen (secondary N) is 1. The summed E-state index contributed by atoms with van der Waals surface area (Å²) in [6.07, 6.45) is 0.564. The summed E-state index contributed by atoms with van der Waals surface area (Å²) < 4.78 is 32.8. The molecule has 1 atom stereocenters. The summed E-state index contributed by atoms with van der Waals surface area (Å²) in [5.74, 6) is -1.44. The van der Waals surface area contributed by atoms with Crippen molar-refractivity contribution >= 4 is 5.91 Å². The Hall–Kier alpha value is -1.53. The number of aliphatic hydroxyl groups excluding tert-OH is 1. The van der Waals surface area contributed by atoms with Crippen LogP contribution in [0.1, 0.15) is 38.7 Å². The van der Waals surface area contributed by atoms with E-state index in [0.29, 0.717) is 38.4 Å². The lowest BCUT2D eigenvalue weighted by atomic mass is 9.73. The third-order valence-corrected chi connectivity index (χ3v) is 4.47. The lowest BCUT2D eigenvalue weighted by molar-refractivity contribution is -0.131. The summed E-state index contributed by atoms with van der Waals surface area (Å²) >= 11 is 0. The van der Waals surface area contributed by atoms with E-state index < -0.39 is 23.2 Å². The van der Waals surface area contributed by atoms with Crippen molar-refractivity contribution < 1.29 is 23.4 Å². The molecule has 0 aromatic heterocycles. The summed E-state index contributed by atoms with van der Waals surface area (Å²) in [5, 5.41) is 12.7. The van der Waals surface area contributed by atoms with Gasteiger partial charge in [-0.15, -0.1) is 0 Å². The second-order valence-electron chi connectivity index (χ2n) is 6.81. The van der Waals surface area contributed by atoms with Gasteiger partial charge in [-0.1, -0.05) is 19.9 Å². The van der Waals surface area contributed by atoms with Crippen molar-refractivity contribution in [3.05, 3.63) is 35.4 Å². The van der Waals surface area contributed by atoms with Crippen LogP contribution >= 0.6 is 0 Å². The molecule has 4 nitrogen and oxygen atoms in total. The first-order valence-corrected chi connectivity index (χ1v) is 8.35. The Morgan fingerprint density at radius 1 is 1.33 bits per heavy atom. The zero-order valence-electron chi connectivity index (χ0n) is 14.1. The number of aliphatic hydroxyl groups is 1. The second-order valence-corrected chi connectivity index (χ2v) is 6.81. The number of benzene rings is 1.